The van der Waals surface area contributed by atoms with Gasteiger partial charge < -0.3 is 10.2 Å². The molecule has 2 nitrogen and oxygen atoms in total. The van der Waals surface area contributed by atoms with Crippen LogP contribution < -0.4 is 5.32 Å². The predicted molar refractivity (Wildman–Crippen MR) is 60.5 cm³/mol. The lowest BCUT2D eigenvalue weighted by atomic mass is 9.97. The van der Waals surface area contributed by atoms with E-state index in [1.165, 1.54) is 51.9 Å². The minimum Gasteiger partial charge on any atom is -0.310 e. The van der Waals surface area contributed by atoms with Gasteiger partial charge in [0.2, 0.25) is 0 Å². The van der Waals surface area contributed by atoms with E-state index in [1.54, 1.807) is 0 Å². The summed E-state index contributed by atoms with van der Waals surface area (Å²) in [6.07, 6.45) is 5.53. The zero-order valence-electron chi connectivity index (χ0n) is 9.68. The van der Waals surface area contributed by atoms with E-state index in [4.69, 9.17) is 0 Å². The first-order valence-corrected chi connectivity index (χ1v) is 6.18. The van der Waals surface area contributed by atoms with Gasteiger partial charge in [0.15, 0.2) is 0 Å². The van der Waals surface area contributed by atoms with Crippen LogP contribution >= 0.6 is 0 Å². The zero-order chi connectivity index (χ0) is 10.0. The van der Waals surface area contributed by atoms with Crippen LogP contribution in [-0.4, -0.2) is 36.6 Å². The molecule has 0 saturated carbocycles. The third kappa shape index (κ3) is 2.29. The molecule has 0 aromatic carbocycles. The molecule has 0 aromatic heterocycles. The summed E-state index contributed by atoms with van der Waals surface area (Å²) in [5.41, 5.74) is 0.525. The first-order valence-electron chi connectivity index (χ1n) is 6.18. The summed E-state index contributed by atoms with van der Waals surface area (Å²) in [7, 11) is 0. The zero-order valence-corrected chi connectivity index (χ0v) is 9.68. The van der Waals surface area contributed by atoms with E-state index >= 15 is 0 Å². The van der Waals surface area contributed by atoms with Gasteiger partial charge in [0.05, 0.1) is 0 Å². The van der Waals surface area contributed by atoms with Crippen LogP contribution in [0.4, 0.5) is 0 Å². The van der Waals surface area contributed by atoms with Crippen molar-refractivity contribution in [2.24, 2.45) is 5.92 Å². The molecule has 1 atom stereocenters. The molecule has 0 amide bonds. The molecular formula is C12H24N2. The van der Waals surface area contributed by atoms with Crippen LogP contribution in [0.15, 0.2) is 0 Å². The summed E-state index contributed by atoms with van der Waals surface area (Å²) in [5, 5.41) is 3.71. The maximum Gasteiger partial charge on any atom is 0.0321 e. The lowest BCUT2D eigenvalue weighted by Crippen LogP contribution is -2.42. The number of nitrogens with zero attached hydrogens (tertiary/aromatic N) is 1. The average molecular weight is 196 g/mol. The molecule has 2 aliphatic heterocycles. The van der Waals surface area contributed by atoms with Crippen LogP contribution in [-0.2, 0) is 0 Å². The summed E-state index contributed by atoms with van der Waals surface area (Å²) in [5.74, 6) is 0.850. The second kappa shape index (κ2) is 4.19. The van der Waals surface area contributed by atoms with Crippen LogP contribution in [0.1, 0.15) is 39.5 Å². The summed E-state index contributed by atoms with van der Waals surface area (Å²) in [4.78, 5) is 2.65. The van der Waals surface area contributed by atoms with Crippen molar-refractivity contribution in [3.8, 4) is 0 Å². The standard InChI is InChI=1S/C12H24N2/c1-11(2)4-8-14-9-6-12(10-14)5-3-7-13-12/h11,13H,3-10H2,1-2H3. The second-order valence-corrected chi connectivity index (χ2v) is 5.52. The molecule has 14 heavy (non-hydrogen) atoms. The molecule has 2 fully saturated rings. The van der Waals surface area contributed by atoms with Crippen molar-refractivity contribution in [2.75, 3.05) is 26.2 Å². The van der Waals surface area contributed by atoms with Gasteiger partial charge in [-0.1, -0.05) is 13.8 Å². The van der Waals surface area contributed by atoms with Crippen LogP contribution in [0, 0.1) is 5.92 Å². The van der Waals surface area contributed by atoms with Gasteiger partial charge in [-0.05, 0) is 44.7 Å². The highest BCUT2D eigenvalue weighted by atomic mass is 15.2. The summed E-state index contributed by atoms with van der Waals surface area (Å²) in [6, 6.07) is 0. The first-order chi connectivity index (χ1) is 6.70. The Morgan fingerprint density at radius 3 is 2.86 bits per heavy atom. The van der Waals surface area contributed by atoms with Gasteiger partial charge in [-0.15, -0.1) is 0 Å². The average Bonchev–Trinajstić information content (AvgIpc) is 2.74. The minimum atomic E-state index is 0.525. The van der Waals surface area contributed by atoms with Gasteiger partial charge in [0.1, 0.15) is 0 Å². The number of hydrogen-bond acceptors (Lipinski definition) is 2. The molecule has 0 aliphatic carbocycles. The molecule has 0 radical (unpaired) electrons. The maximum absolute atomic E-state index is 3.71. The van der Waals surface area contributed by atoms with Crippen LogP contribution in [0.5, 0.6) is 0 Å². The van der Waals surface area contributed by atoms with E-state index in [1.807, 2.05) is 0 Å². The van der Waals surface area contributed by atoms with Crippen LogP contribution in [0.2, 0.25) is 0 Å². The van der Waals surface area contributed by atoms with Gasteiger partial charge >= 0.3 is 0 Å². The lowest BCUT2D eigenvalue weighted by Gasteiger charge is -2.24. The smallest absolute Gasteiger partial charge is 0.0321 e. The topological polar surface area (TPSA) is 15.3 Å². The van der Waals surface area contributed by atoms with Gasteiger partial charge in [0.25, 0.3) is 0 Å². The SMILES string of the molecule is CC(C)CCN1CCC2(CCCN2)C1. The quantitative estimate of drug-likeness (QED) is 0.741. The highest BCUT2D eigenvalue weighted by Crippen LogP contribution is 2.29. The molecule has 82 valence electrons. The van der Waals surface area contributed by atoms with Crippen LogP contribution in [0.3, 0.4) is 0 Å². The van der Waals surface area contributed by atoms with Crippen molar-refractivity contribution in [3.63, 3.8) is 0 Å². The Kier molecular flexibility index (Phi) is 3.13. The number of rotatable bonds is 3. The lowest BCUT2D eigenvalue weighted by molar-refractivity contribution is 0.281. The van der Waals surface area contributed by atoms with E-state index in [9.17, 15) is 0 Å². The van der Waals surface area contributed by atoms with E-state index in [-0.39, 0.29) is 0 Å². The Morgan fingerprint density at radius 1 is 1.36 bits per heavy atom. The Labute approximate surface area is 88.1 Å². The second-order valence-electron chi connectivity index (χ2n) is 5.52. The fourth-order valence-corrected chi connectivity index (χ4v) is 2.81. The number of nitrogens with one attached hydrogen (secondary N) is 1. The molecule has 1 unspecified atom stereocenters. The van der Waals surface area contributed by atoms with E-state index in [0.717, 1.165) is 5.92 Å². The Morgan fingerprint density at radius 2 is 2.21 bits per heavy atom. The third-order valence-electron chi connectivity index (χ3n) is 3.79. The molecule has 2 heterocycles. The highest BCUT2D eigenvalue weighted by Gasteiger charge is 2.39. The van der Waals surface area contributed by atoms with Crippen molar-refractivity contribution >= 4 is 0 Å². The minimum absolute atomic E-state index is 0.525. The van der Waals surface area contributed by atoms with E-state index in [0.29, 0.717) is 5.54 Å². The van der Waals surface area contributed by atoms with Crippen LogP contribution in [0.25, 0.3) is 0 Å². The highest BCUT2D eigenvalue weighted by molar-refractivity contribution is 5.00. The summed E-state index contributed by atoms with van der Waals surface area (Å²) < 4.78 is 0. The maximum atomic E-state index is 3.71. The predicted octanol–water partition coefficient (Wildman–Crippen LogP) is 1.86. The van der Waals surface area contributed by atoms with Crippen molar-refractivity contribution in [3.05, 3.63) is 0 Å². The molecule has 0 aromatic rings. The molecule has 2 heteroatoms. The molecule has 2 aliphatic rings. The van der Waals surface area contributed by atoms with Crippen molar-refractivity contribution in [1.29, 1.82) is 0 Å². The van der Waals surface area contributed by atoms with Crippen molar-refractivity contribution in [2.45, 2.75) is 45.1 Å². The Hall–Kier alpha value is -0.0800. The van der Waals surface area contributed by atoms with E-state index < -0.39 is 0 Å². The Bertz CT molecular complexity index is 183. The molecule has 1 spiro atoms. The molecular weight excluding hydrogens is 172 g/mol. The number of hydrogen-bond donors (Lipinski definition) is 1. The fraction of sp³-hybridized carbons (Fsp3) is 1.00. The van der Waals surface area contributed by atoms with Gasteiger partial charge in [-0.25, -0.2) is 0 Å². The molecule has 1 N–H and O–H groups in total. The fourth-order valence-electron chi connectivity index (χ4n) is 2.81. The number of likely N-dealkylation sites (tertiary alicyclic amines) is 1. The molecule has 2 rings (SSSR count). The monoisotopic (exact) mass is 196 g/mol. The van der Waals surface area contributed by atoms with Crippen molar-refractivity contribution in [1.82, 2.24) is 10.2 Å². The summed E-state index contributed by atoms with van der Waals surface area (Å²) in [6.45, 7) is 9.82. The normalized spacial score (nSPS) is 33.6. The van der Waals surface area contributed by atoms with E-state index in [2.05, 4.69) is 24.1 Å². The van der Waals surface area contributed by atoms with Crippen molar-refractivity contribution < 1.29 is 0 Å². The summed E-state index contributed by atoms with van der Waals surface area (Å²) >= 11 is 0. The van der Waals surface area contributed by atoms with Gasteiger partial charge in [-0.2, -0.15) is 0 Å². The molecule has 2 saturated heterocycles. The first kappa shape index (κ1) is 10.4. The third-order valence-corrected chi connectivity index (χ3v) is 3.79. The Balaban J connectivity index is 1.76. The van der Waals surface area contributed by atoms with Gasteiger partial charge in [0, 0.05) is 18.6 Å². The largest absolute Gasteiger partial charge is 0.310 e. The molecule has 0 bridgehead atoms. The van der Waals surface area contributed by atoms with Gasteiger partial charge in [-0.3, -0.25) is 0 Å².